The molecule has 1 aromatic heterocycles. The smallest absolute Gasteiger partial charge is 0.279 e. The molecule has 0 bridgehead atoms. The van der Waals surface area contributed by atoms with Gasteiger partial charge in [-0.15, -0.1) is 11.8 Å². The average Bonchev–Trinajstić information content (AvgIpc) is 2.98. The molecule has 1 heterocycles. The summed E-state index contributed by atoms with van der Waals surface area (Å²) in [5, 5.41) is 0. The van der Waals surface area contributed by atoms with Crippen LogP contribution in [-0.4, -0.2) is 29.9 Å². The molecule has 3 rings (SSSR count). The van der Waals surface area contributed by atoms with Gasteiger partial charge in [-0.1, -0.05) is 11.3 Å². The zero-order valence-corrected chi connectivity index (χ0v) is 16.2. The van der Waals surface area contributed by atoms with Gasteiger partial charge in [0.25, 0.3) is 5.91 Å². The van der Waals surface area contributed by atoms with Crippen LogP contribution in [0.25, 0.3) is 10.2 Å². The second-order valence-corrected chi connectivity index (χ2v) is 7.38. The number of hydrogen-bond acceptors (Lipinski definition) is 4. The van der Waals surface area contributed by atoms with Crippen molar-refractivity contribution in [1.82, 2.24) is 4.57 Å². The van der Waals surface area contributed by atoms with Gasteiger partial charge >= 0.3 is 0 Å². The third kappa shape index (κ3) is 4.23. The van der Waals surface area contributed by atoms with Crippen LogP contribution < -0.4 is 4.80 Å². The van der Waals surface area contributed by atoms with E-state index in [9.17, 15) is 9.18 Å². The number of fused-ring (bicyclic) bond motifs is 1. The monoisotopic (exact) mass is 390 g/mol. The van der Waals surface area contributed by atoms with Crippen LogP contribution in [0.3, 0.4) is 0 Å². The van der Waals surface area contributed by atoms with Gasteiger partial charge in [0.05, 0.1) is 16.8 Å². The lowest BCUT2D eigenvalue weighted by Gasteiger charge is -2.05. The van der Waals surface area contributed by atoms with Gasteiger partial charge in [0.15, 0.2) is 4.80 Å². The first-order valence-corrected chi connectivity index (χ1v) is 10.3. The zero-order valence-electron chi connectivity index (χ0n) is 14.6. The first-order valence-electron chi connectivity index (χ1n) is 8.22. The Morgan fingerprint density at radius 2 is 2.04 bits per heavy atom. The van der Waals surface area contributed by atoms with Crippen LogP contribution in [-0.2, 0) is 11.3 Å². The highest BCUT2D eigenvalue weighted by atomic mass is 32.2. The molecule has 0 radical (unpaired) electrons. The van der Waals surface area contributed by atoms with Crippen molar-refractivity contribution in [2.45, 2.75) is 18.4 Å². The first-order chi connectivity index (χ1) is 12.6. The minimum absolute atomic E-state index is 0.304. The zero-order chi connectivity index (χ0) is 18.5. The van der Waals surface area contributed by atoms with E-state index in [-0.39, 0.29) is 11.7 Å². The van der Waals surface area contributed by atoms with Crippen LogP contribution in [0, 0.1) is 5.82 Å². The van der Waals surface area contributed by atoms with Crippen molar-refractivity contribution in [3.8, 4) is 0 Å². The molecule has 0 aliphatic rings. The van der Waals surface area contributed by atoms with Gasteiger partial charge < -0.3 is 9.30 Å². The van der Waals surface area contributed by atoms with Crippen molar-refractivity contribution in [3.63, 3.8) is 0 Å². The second-order valence-electron chi connectivity index (χ2n) is 5.49. The van der Waals surface area contributed by atoms with Crippen LogP contribution in [0.2, 0.25) is 0 Å². The maximum absolute atomic E-state index is 13.6. The van der Waals surface area contributed by atoms with Gasteiger partial charge in [0.2, 0.25) is 0 Å². The van der Waals surface area contributed by atoms with Crippen LogP contribution in [0.15, 0.2) is 52.4 Å². The van der Waals surface area contributed by atoms with Gasteiger partial charge in [-0.25, -0.2) is 4.39 Å². The quantitative estimate of drug-likeness (QED) is 0.464. The molecule has 136 valence electrons. The molecule has 0 unspecified atom stereocenters. The number of carbonyl (C=O) groups is 1. The molecule has 0 aliphatic heterocycles. The normalized spacial score (nSPS) is 12.0. The molecule has 0 N–H and O–H groups in total. The summed E-state index contributed by atoms with van der Waals surface area (Å²) in [5.41, 5.74) is 1.38. The molecular weight excluding hydrogens is 371 g/mol. The molecule has 0 spiro atoms. The van der Waals surface area contributed by atoms with Gasteiger partial charge in [0.1, 0.15) is 5.82 Å². The average molecular weight is 391 g/mol. The summed E-state index contributed by atoms with van der Waals surface area (Å²) in [6.45, 7) is 3.60. The van der Waals surface area contributed by atoms with Crippen molar-refractivity contribution in [3.05, 3.63) is 58.6 Å². The van der Waals surface area contributed by atoms with E-state index >= 15 is 0 Å². The lowest BCUT2D eigenvalue weighted by molar-refractivity contribution is 0.0996. The fraction of sp³-hybridized carbons (Fsp3) is 0.263. The topological polar surface area (TPSA) is 43.6 Å². The Bertz CT molecular complexity index is 977. The maximum atomic E-state index is 13.6. The standard InChI is InChI=1S/C19H19FN2O2S2/c1-3-24-11-10-22-16-9-6-14(20)12-17(16)26-19(22)21-18(23)13-4-7-15(25-2)8-5-13/h4-9,12H,3,10-11H2,1-2H3. The van der Waals surface area contributed by atoms with E-state index in [2.05, 4.69) is 4.99 Å². The van der Waals surface area contributed by atoms with Crippen molar-refractivity contribution >= 4 is 39.2 Å². The summed E-state index contributed by atoms with van der Waals surface area (Å²) < 4.78 is 21.6. The highest BCUT2D eigenvalue weighted by molar-refractivity contribution is 7.98. The minimum atomic E-state index is -0.310. The van der Waals surface area contributed by atoms with Crippen molar-refractivity contribution in [2.75, 3.05) is 19.5 Å². The molecule has 7 heteroatoms. The number of thiazole rings is 1. The predicted molar refractivity (Wildman–Crippen MR) is 104 cm³/mol. The van der Waals surface area contributed by atoms with Crippen LogP contribution >= 0.6 is 23.1 Å². The van der Waals surface area contributed by atoms with Gasteiger partial charge in [0, 0.05) is 23.6 Å². The summed E-state index contributed by atoms with van der Waals surface area (Å²) in [4.78, 5) is 18.5. The van der Waals surface area contributed by atoms with Crippen molar-refractivity contribution in [2.24, 2.45) is 4.99 Å². The van der Waals surface area contributed by atoms with E-state index in [0.717, 1.165) is 15.1 Å². The summed E-state index contributed by atoms with van der Waals surface area (Å²) in [7, 11) is 0. The van der Waals surface area contributed by atoms with Crippen LogP contribution in [0.5, 0.6) is 0 Å². The Morgan fingerprint density at radius 3 is 2.73 bits per heavy atom. The van der Waals surface area contributed by atoms with E-state index < -0.39 is 0 Å². The molecule has 0 saturated carbocycles. The fourth-order valence-corrected chi connectivity index (χ4v) is 4.02. The number of aromatic nitrogens is 1. The molecule has 0 saturated heterocycles. The molecule has 0 atom stereocenters. The van der Waals surface area contributed by atoms with Crippen LogP contribution in [0.1, 0.15) is 17.3 Å². The SMILES string of the molecule is CCOCCn1c(=NC(=O)c2ccc(SC)cc2)sc2cc(F)ccc21. The van der Waals surface area contributed by atoms with E-state index in [1.807, 2.05) is 29.9 Å². The predicted octanol–water partition coefficient (Wildman–Crippen LogP) is 4.34. The molecule has 1 amide bonds. The molecule has 3 aromatic rings. The molecular formula is C19H19FN2O2S2. The molecule has 0 aliphatic carbocycles. The Balaban J connectivity index is 2.01. The number of rotatable bonds is 6. The van der Waals surface area contributed by atoms with Gasteiger partial charge in [-0.2, -0.15) is 4.99 Å². The number of ether oxygens (including phenoxy) is 1. The number of halogens is 1. The molecule has 4 nitrogen and oxygen atoms in total. The Hall–Kier alpha value is -1.96. The van der Waals surface area contributed by atoms with E-state index in [1.54, 1.807) is 30.0 Å². The number of nitrogens with zero attached hydrogens (tertiary/aromatic N) is 2. The van der Waals surface area contributed by atoms with E-state index in [1.165, 1.54) is 23.5 Å². The second kappa shape index (κ2) is 8.62. The lowest BCUT2D eigenvalue weighted by atomic mass is 10.2. The van der Waals surface area contributed by atoms with E-state index in [0.29, 0.717) is 30.1 Å². The first kappa shape index (κ1) is 18.8. The number of thioether (sulfide) groups is 1. The Labute approximate surface area is 159 Å². The maximum Gasteiger partial charge on any atom is 0.279 e. The number of benzene rings is 2. The van der Waals surface area contributed by atoms with Crippen molar-refractivity contribution in [1.29, 1.82) is 0 Å². The summed E-state index contributed by atoms with van der Waals surface area (Å²) in [5.74, 6) is -0.615. The van der Waals surface area contributed by atoms with Crippen molar-refractivity contribution < 1.29 is 13.9 Å². The Kier molecular flexibility index (Phi) is 6.24. The Morgan fingerprint density at radius 1 is 1.27 bits per heavy atom. The number of hydrogen-bond donors (Lipinski definition) is 0. The number of carbonyl (C=O) groups excluding carboxylic acids is 1. The minimum Gasteiger partial charge on any atom is -0.380 e. The molecule has 0 fully saturated rings. The molecule has 2 aromatic carbocycles. The molecule has 26 heavy (non-hydrogen) atoms. The van der Waals surface area contributed by atoms with Gasteiger partial charge in [-0.3, -0.25) is 4.79 Å². The van der Waals surface area contributed by atoms with E-state index in [4.69, 9.17) is 4.74 Å². The largest absolute Gasteiger partial charge is 0.380 e. The van der Waals surface area contributed by atoms with Gasteiger partial charge in [-0.05, 0) is 55.6 Å². The third-order valence-electron chi connectivity index (χ3n) is 3.84. The summed E-state index contributed by atoms with van der Waals surface area (Å²) in [6.07, 6.45) is 1.98. The van der Waals surface area contributed by atoms with Crippen LogP contribution in [0.4, 0.5) is 4.39 Å². The number of amides is 1. The highest BCUT2D eigenvalue weighted by Crippen LogP contribution is 2.19. The fourth-order valence-electron chi connectivity index (χ4n) is 2.53. The highest BCUT2D eigenvalue weighted by Gasteiger charge is 2.10. The lowest BCUT2D eigenvalue weighted by Crippen LogP contribution is -2.19. The summed E-state index contributed by atoms with van der Waals surface area (Å²) in [6, 6.07) is 11.9. The third-order valence-corrected chi connectivity index (χ3v) is 5.63. The summed E-state index contributed by atoms with van der Waals surface area (Å²) >= 11 is 2.92.